The van der Waals surface area contributed by atoms with Gasteiger partial charge in [0.1, 0.15) is 0 Å². The van der Waals surface area contributed by atoms with Crippen molar-refractivity contribution in [2.75, 3.05) is 0 Å². The predicted molar refractivity (Wildman–Crippen MR) is 68.9 cm³/mol. The molecule has 2 aromatic rings. The highest BCUT2D eigenvalue weighted by Crippen LogP contribution is 2.26. The fraction of sp³-hybridized carbons (Fsp3) is 0. The van der Waals surface area contributed by atoms with E-state index in [-0.39, 0.29) is 0 Å². The van der Waals surface area contributed by atoms with Gasteiger partial charge in [0.15, 0.2) is 0 Å². The third-order valence-corrected chi connectivity index (χ3v) is 2.68. The van der Waals surface area contributed by atoms with E-state index in [1.54, 1.807) is 48.5 Å². The summed E-state index contributed by atoms with van der Waals surface area (Å²) in [4.78, 5) is 22.8. The standard InChI is InChI=1S/C14H12N2O2/c15-13(17)11-7-3-1-5-9(11)10-6-2-4-8-12(10)14(16)18/h1-8H,(H2,15,17)(H2,16,18). The van der Waals surface area contributed by atoms with Crippen molar-refractivity contribution in [1.29, 1.82) is 0 Å². The molecule has 0 spiro atoms. The molecule has 2 aromatic carbocycles. The maximum absolute atomic E-state index is 11.4. The van der Waals surface area contributed by atoms with Crippen molar-refractivity contribution in [3.8, 4) is 11.1 Å². The van der Waals surface area contributed by atoms with Crippen molar-refractivity contribution in [2.24, 2.45) is 11.5 Å². The quantitative estimate of drug-likeness (QED) is 0.852. The first-order valence-corrected chi connectivity index (χ1v) is 5.39. The van der Waals surface area contributed by atoms with Gasteiger partial charge >= 0.3 is 0 Å². The lowest BCUT2D eigenvalue weighted by molar-refractivity contribution is 0.0990. The zero-order valence-corrected chi connectivity index (χ0v) is 9.59. The molecule has 0 aliphatic rings. The molecule has 0 aliphatic carbocycles. The summed E-state index contributed by atoms with van der Waals surface area (Å²) in [6.07, 6.45) is 0. The number of amides is 2. The van der Waals surface area contributed by atoms with Crippen LogP contribution in [0.1, 0.15) is 20.7 Å². The first-order chi connectivity index (χ1) is 8.61. The molecule has 0 aromatic heterocycles. The van der Waals surface area contributed by atoms with E-state index in [1.165, 1.54) is 0 Å². The summed E-state index contributed by atoms with van der Waals surface area (Å²) in [7, 11) is 0. The number of rotatable bonds is 3. The van der Waals surface area contributed by atoms with Crippen molar-refractivity contribution in [1.82, 2.24) is 0 Å². The number of hydrogen-bond acceptors (Lipinski definition) is 2. The van der Waals surface area contributed by atoms with Crippen molar-refractivity contribution >= 4 is 11.8 Å². The Labute approximate surface area is 104 Å². The number of benzene rings is 2. The summed E-state index contributed by atoms with van der Waals surface area (Å²) in [5, 5.41) is 0. The van der Waals surface area contributed by atoms with Gasteiger partial charge in [0.2, 0.25) is 11.8 Å². The molecule has 0 heterocycles. The SMILES string of the molecule is NC(=O)c1ccccc1-c1ccccc1C(N)=O. The number of carbonyl (C=O) groups is 2. The maximum Gasteiger partial charge on any atom is 0.249 e. The van der Waals surface area contributed by atoms with E-state index in [0.717, 1.165) is 0 Å². The molecule has 0 aliphatic heterocycles. The Morgan fingerprint density at radius 3 is 1.33 bits per heavy atom. The number of nitrogens with two attached hydrogens (primary N) is 2. The summed E-state index contributed by atoms with van der Waals surface area (Å²) in [6, 6.07) is 13.7. The van der Waals surface area contributed by atoms with Crippen molar-refractivity contribution in [3.05, 3.63) is 59.7 Å². The van der Waals surface area contributed by atoms with Crippen molar-refractivity contribution in [2.45, 2.75) is 0 Å². The Hall–Kier alpha value is -2.62. The lowest BCUT2D eigenvalue weighted by Crippen LogP contribution is -2.15. The van der Waals surface area contributed by atoms with Gasteiger partial charge in [-0.25, -0.2) is 0 Å². The maximum atomic E-state index is 11.4. The first-order valence-electron chi connectivity index (χ1n) is 5.39. The molecular formula is C14H12N2O2. The van der Waals surface area contributed by atoms with Crippen LogP contribution in [-0.2, 0) is 0 Å². The molecule has 0 fully saturated rings. The molecule has 2 amide bonds. The highest BCUT2D eigenvalue weighted by atomic mass is 16.1. The molecule has 4 heteroatoms. The molecule has 0 radical (unpaired) electrons. The van der Waals surface area contributed by atoms with E-state index in [9.17, 15) is 9.59 Å². The lowest BCUT2D eigenvalue weighted by atomic mass is 9.95. The molecule has 4 N–H and O–H groups in total. The van der Waals surface area contributed by atoms with Gasteiger partial charge in [-0.1, -0.05) is 36.4 Å². The average Bonchev–Trinajstić information content (AvgIpc) is 2.38. The van der Waals surface area contributed by atoms with Crippen LogP contribution in [-0.4, -0.2) is 11.8 Å². The fourth-order valence-electron chi connectivity index (χ4n) is 1.87. The van der Waals surface area contributed by atoms with Gasteiger partial charge in [-0.05, 0) is 23.3 Å². The number of primary amides is 2. The topological polar surface area (TPSA) is 86.2 Å². The van der Waals surface area contributed by atoms with Gasteiger partial charge < -0.3 is 11.5 Å². The Bertz CT molecular complexity index is 565. The van der Waals surface area contributed by atoms with Crippen LogP contribution in [0.15, 0.2) is 48.5 Å². The minimum Gasteiger partial charge on any atom is -0.366 e. The zero-order chi connectivity index (χ0) is 13.1. The van der Waals surface area contributed by atoms with Crippen molar-refractivity contribution in [3.63, 3.8) is 0 Å². The first kappa shape index (κ1) is 11.9. The smallest absolute Gasteiger partial charge is 0.249 e. The largest absolute Gasteiger partial charge is 0.366 e. The molecular weight excluding hydrogens is 228 g/mol. The highest BCUT2D eigenvalue weighted by molar-refractivity contribution is 6.05. The molecule has 0 atom stereocenters. The zero-order valence-electron chi connectivity index (χ0n) is 9.59. The molecule has 0 bridgehead atoms. The van der Waals surface area contributed by atoms with Crippen LogP contribution in [0.5, 0.6) is 0 Å². The van der Waals surface area contributed by atoms with Gasteiger partial charge in [0.05, 0.1) is 0 Å². The highest BCUT2D eigenvalue weighted by Gasteiger charge is 2.14. The van der Waals surface area contributed by atoms with E-state index in [2.05, 4.69) is 0 Å². The van der Waals surface area contributed by atoms with Crippen LogP contribution in [0.4, 0.5) is 0 Å². The normalized spacial score (nSPS) is 10.0. The summed E-state index contributed by atoms with van der Waals surface area (Å²) >= 11 is 0. The Kier molecular flexibility index (Phi) is 3.10. The number of carbonyl (C=O) groups excluding carboxylic acids is 2. The molecule has 90 valence electrons. The van der Waals surface area contributed by atoms with Crippen molar-refractivity contribution < 1.29 is 9.59 Å². The van der Waals surface area contributed by atoms with Gasteiger partial charge in [0, 0.05) is 11.1 Å². The van der Waals surface area contributed by atoms with E-state index in [0.29, 0.717) is 22.3 Å². The minimum absolute atomic E-state index is 0.367. The van der Waals surface area contributed by atoms with E-state index >= 15 is 0 Å². The Balaban J connectivity index is 2.70. The van der Waals surface area contributed by atoms with Crippen LogP contribution in [0.2, 0.25) is 0 Å². The summed E-state index contributed by atoms with van der Waals surface area (Å²) in [5.41, 5.74) is 12.6. The van der Waals surface area contributed by atoms with Gasteiger partial charge in [-0.2, -0.15) is 0 Å². The summed E-state index contributed by atoms with van der Waals surface area (Å²) in [5.74, 6) is -1.07. The second-order valence-corrected chi connectivity index (χ2v) is 3.82. The molecule has 2 rings (SSSR count). The monoisotopic (exact) mass is 240 g/mol. The van der Waals surface area contributed by atoms with E-state index < -0.39 is 11.8 Å². The van der Waals surface area contributed by atoms with Gasteiger partial charge in [-0.3, -0.25) is 9.59 Å². The third-order valence-electron chi connectivity index (χ3n) is 2.68. The van der Waals surface area contributed by atoms with Crippen LogP contribution in [0.3, 0.4) is 0 Å². The predicted octanol–water partition coefficient (Wildman–Crippen LogP) is 1.55. The Morgan fingerprint density at radius 2 is 1.00 bits per heavy atom. The summed E-state index contributed by atoms with van der Waals surface area (Å²) in [6.45, 7) is 0. The summed E-state index contributed by atoms with van der Waals surface area (Å²) < 4.78 is 0. The molecule has 0 saturated heterocycles. The van der Waals surface area contributed by atoms with Crippen LogP contribution in [0.25, 0.3) is 11.1 Å². The second kappa shape index (κ2) is 4.71. The van der Waals surface area contributed by atoms with Gasteiger partial charge in [0.25, 0.3) is 0 Å². The molecule has 0 unspecified atom stereocenters. The van der Waals surface area contributed by atoms with E-state index in [1.807, 2.05) is 0 Å². The fourth-order valence-corrected chi connectivity index (χ4v) is 1.87. The van der Waals surface area contributed by atoms with Crippen LogP contribution < -0.4 is 11.5 Å². The average molecular weight is 240 g/mol. The van der Waals surface area contributed by atoms with Crippen LogP contribution >= 0.6 is 0 Å². The molecule has 4 nitrogen and oxygen atoms in total. The van der Waals surface area contributed by atoms with E-state index in [4.69, 9.17) is 11.5 Å². The Morgan fingerprint density at radius 1 is 0.667 bits per heavy atom. The minimum atomic E-state index is -0.537. The van der Waals surface area contributed by atoms with Gasteiger partial charge in [-0.15, -0.1) is 0 Å². The second-order valence-electron chi connectivity index (χ2n) is 3.82. The molecule has 0 saturated carbocycles. The lowest BCUT2D eigenvalue weighted by Gasteiger charge is -2.10. The van der Waals surface area contributed by atoms with Crippen LogP contribution in [0, 0.1) is 0 Å². The third kappa shape index (κ3) is 2.08. The molecule has 18 heavy (non-hydrogen) atoms. The number of hydrogen-bond donors (Lipinski definition) is 2.